The molecule has 0 aromatic heterocycles. The van der Waals surface area contributed by atoms with Crippen LogP contribution in [0.1, 0.15) is 154 Å². The Morgan fingerprint density at radius 2 is 1.05 bits per heavy atom. The Balaban J connectivity index is 1.61. The molecule has 2 nitrogen and oxygen atoms in total. The summed E-state index contributed by atoms with van der Waals surface area (Å²) in [6.45, 7) is 5.31. The molecular formula is C36H50O2S. The summed E-state index contributed by atoms with van der Waals surface area (Å²) in [5.74, 6) is -0.111. The average molecular weight is 547 g/mol. The Labute approximate surface area is 243 Å². The number of Topliss-reactive ketones (excluding diaryl/α,β-unsaturated/α-hetero) is 2. The van der Waals surface area contributed by atoms with E-state index in [2.05, 4.69) is 31.2 Å². The lowest BCUT2D eigenvalue weighted by Crippen LogP contribution is -1.99. The molecule has 0 aliphatic rings. The largest absolute Gasteiger partial charge is 0.295 e. The number of allylic oxidation sites excluding steroid dienone is 1. The van der Waals surface area contributed by atoms with Crippen LogP contribution < -0.4 is 0 Å². The van der Waals surface area contributed by atoms with E-state index in [1.165, 1.54) is 116 Å². The standard InChI is InChI=1S/C36H50O2S/c1-4-5-6-7-8-9-10-11-12-13-14-15-16-17-18-19-31-20-23-33(24-21-31)36(39)25-22-32-26-34(29(2)37)28-35(27-32)30(3)38/h20-28H,4-19H2,1-3H3. The SMILES string of the molecule is CCCCCCCCCCCCCCCCCc1ccc(C(=S)C=Cc2cc(C(C)=O)cc(C(C)=O)c2)cc1. The van der Waals surface area contributed by atoms with Crippen LogP contribution in [0.15, 0.2) is 48.5 Å². The van der Waals surface area contributed by atoms with Crippen LogP contribution in [0.3, 0.4) is 0 Å². The first-order valence-electron chi connectivity index (χ1n) is 15.4. The van der Waals surface area contributed by atoms with E-state index in [9.17, 15) is 9.59 Å². The molecular weight excluding hydrogens is 496 g/mol. The normalized spacial score (nSPS) is 11.3. The van der Waals surface area contributed by atoms with Crippen molar-refractivity contribution >= 4 is 34.7 Å². The van der Waals surface area contributed by atoms with Gasteiger partial charge in [0, 0.05) is 16.0 Å². The van der Waals surface area contributed by atoms with Crippen molar-refractivity contribution in [2.24, 2.45) is 0 Å². The minimum Gasteiger partial charge on any atom is -0.295 e. The molecule has 0 aliphatic heterocycles. The second kappa shape index (κ2) is 19.6. The molecule has 0 atom stereocenters. The van der Waals surface area contributed by atoms with Crippen LogP contribution in [0.4, 0.5) is 0 Å². The highest BCUT2D eigenvalue weighted by Gasteiger charge is 2.07. The van der Waals surface area contributed by atoms with Gasteiger partial charge in [-0.1, -0.05) is 139 Å². The fraction of sp³-hybridized carbons (Fsp3) is 0.528. The zero-order valence-corrected chi connectivity index (χ0v) is 25.6. The molecule has 0 heterocycles. The quantitative estimate of drug-likeness (QED) is 0.0676. The summed E-state index contributed by atoms with van der Waals surface area (Å²) in [5.41, 5.74) is 4.25. The molecule has 212 valence electrons. The Bertz CT molecular complexity index is 1020. The number of ketones is 2. The third-order valence-corrected chi connectivity index (χ3v) is 7.87. The van der Waals surface area contributed by atoms with Gasteiger partial charge < -0.3 is 0 Å². The van der Waals surface area contributed by atoms with Crippen LogP contribution in [-0.2, 0) is 6.42 Å². The first-order valence-corrected chi connectivity index (χ1v) is 15.8. The first kappa shape index (κ1) is 32.8. The minimum absolute atomic E-state index is 0.0556. The van der Waals surface area contributed by atoms with Gasteiger partial charge in [-0.05, 0) is 67.7 Å². The van der Waals surface area contributed by atoms with Crippen LogP contribution in [0.2, 0.25) is 0 Å². The summed E-state index contributed by atoms with van der Waals surface area (Å²) >= 11 is 5.62. The molecule has 0 spiro atoms. The van der Waals surface area contributed by atoms with Crippen molar-refractivity contribution in [2.45, 2.75) is 124 Å². The van der Waals surface area contributed by atoms with E-state index < -0.39 is 0 Å². The van der Waals surface area contributed by atoms with Gasteiger partial charge in [-0.25, -0.2) is 0 Å². The molecule has 0 unspecified atom stereocenters. The van der Waals surface area contributed by atoms with Crippen molar-refractivity contribution in [2.75, 3.05) is 0 Å². The van der Waals surface area contributed by atoms with Crippen LogP contribution in [0, 0.1) is 0 Å². The van der Waals surface area contributed by atoms with E-state index in [0.29, 0.717) is 11.1 Å². The lowest BCUT2D eigenvalue weighted by molar-refractivity contribution is 0.101. The Hall–Kier alpha value is -2.39. The van der Waals surface area contributed by atoms with Crippen molar-refractivity contribution in [3.8, 4) is 0 Å². The predicted octanol–water partition coefficient (Wildman–Crippen LogP) is 10.9. The summed E-state index contributed by atoms with van der Waals surface area (Å²) in [4.78, 5) is 24.4. The molecule has 0 amide bonds. The molecule has 2 aromatic carbocycles. The predicted molar refractivity (Wildman–Crippen MR) is 172 cm³/mol. The second-order valence-electron chi connectivity index (χ2n) is 11.1. The molecule has 39 heavy (non-hydrogen) atoms. The summed E-state index contributed by atoms with van der Waals surface area (Å²) in [6.07, 6.45) is 25.7. The Morgan fingerprint density at radius 3 is 1.49 bits per heavy atom. The number of aryl methyl sites for hydroxylation is 1. The zero-order chi connectivity index (χ0) is 28.3. The van der Waals surface area contributed by atoms with E-state index in [1.807, 2.05) is 12.2 Å². The number of carbonyl (C=O) groups excluding carboxylic acids is 2. The highest BCUT2D eigenvalue weighted by molar-refractivity contribution is 7.81. The van der Waals surface area contributed by atoms with Crippen molar-refractivity contribution in [3.05, 3.63) is 76.4 Å². The van der Waals surface area contributed by atoms with Gasteiger partial charge in [-0.2, -0.15) is 0 Å². The van der Waals surface area contributed by atoms with Gasteiger partial charge in [0.05, 0.1) is 0 Å². The third kappa shape index (κ3) is 14.0. The molecule has 0 radical (unpaired) electrons. The maximum Gasteiger partial charge on any atom is 0.159 e. The number of rotatable bonds is 21. The number of thiocarbonyl (C=S) groups is 1. The summed E-state index contributed by atoms with van der Waals surface area (Å²) in [5, 5.41) is 0. The summed E-state index contributed by atoms with van der Waals surface area (Å²) in [6, 6.07) is 13.8. The van der Waals surface area contributed by atoms with Crippen molar-refractivity contribution in [3.63, 3.8) is 0 Å². The van der Waals surface area contributed by atoms with Gasteiger partial charge in [-0.15, -0.1) is 0 Å². The van der Waals surface area contributed by atoms with Gasteiger partial charge in [0.2, 0.25) is 0 Å². The van der Waals surface area contributed by atoms with Crippen molar-refractivity contribution < 1.29 is 9.59 Å². The van der Waals surface area contributed by atoms with Gasteiger partial charge in [0.1, 0.15) is 0 Å². The Morgan fingerprint density at radius 1 is 0.615 bits per heavy atom. The highest BCUT2D eigenvalue weighted by Crippen LogP contribution is 2.17. The zero-order valence-electron chi connectivity index (χ0n) is 24.7. The fourth-order valence-electron chi connectivity index (χ4n) is 4.96. The fourth-order valence-corrected chi connectivity index (χ4v) is 5.16. The van der Waals surface area contributed by atoms with Gasteiger partial charge in [0.15, 0.2) is 11.6 Å². The number of hydrogen-bond acceptors (Lipinski definition) is 3. The van der Waals surface area contributed by atoms with E-state index in [-0.39, 0.29) is 11.6 Å². The highest BCUT2D eigenvalue weighted by atomic mass is 32.1. The van der Waals surface area contributed by atoms with Crippen LogP contribution in [-0.4, -0.2) is 16.4 Å². The Kier molecular flexibility index (Phi) is 16.5. The second-order valence-corrected chi connectivity index (χ2v) is 11.5. The monoisotopic (exact) mass is 546 g/mol. The lowest BCUT2D eigenvalue weighted by Gasteiger charge is -2.06. The third-order valence-electron chi connectivity index (χ3n) is 7.50. The molecule has 0 N–H and O–H groups in total. The van der Waals surface area contributed by atoms with Gasteiger partial charge in [0.25, 0.3) is 0 Å². The van der Waals surface area contributed by atoms with Crippen LogP contribution >= 0.6 is 12.2 Å². The molecule has 0 bridgehead atoms. The molecule has 0 fully saturated rings. The van der Waals surface area contributed by atoms with E-state index in [4.69, 9.17) is 12.2 Å². The lowest BCUT2D eigenvalue weighted by atomic mass is 10.00. The van der Waals surface area contributed by atoms with Gasteiger partial charge in [-0.3, -0.25) is 9.59 Å². The molecule has 0 saturated carbocycles. The van der Waals surface area contributed by atoms with E-state index in [1.54, 1.807) is 18.2 Å². The summed E-state index contributed by atoms with van der Waals surface area (Å²) in [7, 11) is 0. The summed E-state index contributed by atoms with van der Waals surface area (Å²) < 4.78 is 0. The maximum absolute atomic E-state index is 11.8. The molecule has 2 rings (SSSR count). The first-order chi connectivity index (χ1) is 18.9. The number of hydrogen-bond donors (Lipinski definition) is 0. The maximum atomic E-state index is 11.8. The molecule has 0 saturated heterocycles. The van der Waals surface area contributed by atoms with E-state index >= 15 is 0 Å². The van der Waals surface area contributed by atoms with Crippen molar-refractivity contribution in [1.82, 2.24) is 0 Å². The van der Waals surface area contributed by atoms with Crippen molar-refractivity contribution in [1.29, 1.82) is 0 Å². The van der Waals surface area contributed by atoms with Crippen LogP contribution in [0.25, 0.3) is 6.08 Å². The van der Waals surface area contributed by atoms with Crippen LogP contribution in [0.5, 0.6) is 0 Å². The minimum atomic E-state index is -0.0556. The van der Waals surface area contributed by atoms with Gasteiger partial charge >= 0.3 is 0 Å². The number of unbranched alkanes of at least 4 members (excludes halogenated alkanes) is 14. The molecule has 3 heteroatoms. The number of benzene rings is 2. The molecule has 0 aliphatic carbocycles. The topological polar surface area (TPSA) is 34.1 Å². The smallest absolute Gasteiger partial charge is 0.159 e. The molecule has 2 aromatic rings. The van der Waals surface area contributed by atoms with E-state index in [0.717, 1.165) is 22.4 Å². The number of carbonyl (C=O) groups is 2. The average Bonchev–Trinajstić information content (AvgIpc) is 2.94.